The van der Waals surface area contributed by atoms with Gasteiger partial charge in [-0.25, -0.2) is 0 Å². The molecule has 0 amide bonds. The molecule has 2 aromatic heterocycles. The lowest BCUT2D eigenvalue weighted by molar-refractivity contribution is -0.146. The summed E-state index contributed by atoms with van der Waals surface area (Å²) in [6.45, 7) is 15.4. The molecule has 0 aromatic carbocycles. The van der Waals surface area contributed by atoms with E-state index < -0.39 is 18.0 Å². The largest absolute Gasteiger partial charge is 0.468 e. The second-order valence-corrected chi connectivity index (χ2v) is 12.3. The molecule has 5 heterocycles. The van der Waals surface area contributed by atoms with Crippen LogP contribution in [0.2, 0.25) is 0 Å². The van der Waals surface area contributed by atoms with E-state index in [0.29, 0.717) is 5.92 Å². The van der Waals surface area contributed by atoms with Crippen LogP contribution in [-0.2, 0) is 16.0 Å². The summed E-state index contributed by atoms with van der Waals surface area (Å²) in [5.41, 5.74) is 12.3. The normalized spacial score (nSPS) is 31.6. The third-order valence-corrected chi connectivity index (χ3v) is 10.4. The number of carbonyl (C=O) groups is 1. The van der Waals surface area contributed by atoms with Crippen LogP contribution in [0, 0.1) is 37.5 Å². The van der Waals surface area contributed by atoms with Crippen molar-refractivity contribution in [3.63, 3.8) is 0 Å². The van der Waals surface area contributed by atoms with E-state index in [9.17, 15) is 9.90 Å². The lowest BCUT2D eigenvalue weighted by Gasteiger charge is -2.26. The number of aliphatic hydroxyl groups excluding tert-OH is 1. The van der Waals surface area contributed by atoms with Crippen molar-refractivity contribution in [2.45, 2.75) is 79.9 Å². The second-order valence-electron chi connectivity index (χ2n) is 12.3. The van der Waals surface area contributed by atoms with Gasteiger partial charge in [-0.15, -0.1) is 0 Å². The summed E-state index contributed by atoms with van der Waals surface area (Å²) < 4.78 is 5.27. The first-order chi connectivity index (χ1) is 19.6. The minimum absolute atomic E-state index is 0.107. The molecular weight excluding hydrogens is 512 g/mol. The molecule has 4 aliphatic rings. The Kier molecular flexibility index (Phi) is 6.84. The van der Waals surface area contributed by atoms with E-state index in [4.69, 9.17) is 4.74 Å². The van der Waals surface area contributed by atoms with E-state index in [1.807, 2.05) is 6.92 Å². The Hall–Kier alpha value is -3.45. The summed E-state index contributed by atoms with van der Waals surface area (Å²) in [4.78, 5) is 20.6. The smallest absolute Gasteiger partial charge is 0.315 e. The standard InChI is InChI=1S/C34H44N4O3/c1-9-19-15(4)22-12-24-17(6)21(11-3)31(37-24)29-30(34(40)41-8)33(39)28-18(7)25(38-32(28)29)14-27-20(10-2)16(5)23(36-27)13-26(19)35-22/h12-14,17,19,21,30-31,33,35-39H,9-11H2,1-8H3/b24-12-,25-14-,26-13-/t17-,19+,21-,30+,31?,33+/m0/s1. The first kappa shape index (κ1) is 27.7. The van der Waals surface area contributed by atoms with Crippen LogP contribution < -0.4 is 21.3 Å². The maximum atomic E-state index is 13.2. The summed E-state index contributed by atoms with van der Waals surface area (Å²) in [5, 5.41) is 21.1. The number of allylic oxidation sites excluding steroid dienone is 3. The zero-order chi connectivity index (χ0) is 29.3. The molecule has 0 saturated carbocycles. The van der Waals surface area contributed by atoms with Crippen LogP contribution in [0.25, 0.3) is 17.7 Å². The highest BCUT2D eigenvalue weighted by Gasteiger charge is 2.49. The number of aromatic nitrogens is 2. The van der Waals surface area contributed by atoms with Crippen molar-refractivity contribution < 1.29 is 14.6 Å². The van der Waals surface area contributed by atoms with Gasteiger partial charge in [0, 0.05) is 56.6 Å². The SMILES string of the molecule is CCc1c2[nH]c(c1C)/C=C1\NC(=C(C)[C@H]1CC)/C=C1\NC(C3=c4[nH]/c(c(C)c4[C@@H](O)[C@@H]3C(=O)OC)=C\2)[C@@H](CC)[C@@H]1C. The van der Waals surface area contributed by atoms with Crippen LogP contribution >= 0.6 is 0 Å². The number of rotatable bonds is 4. The lowest BCUT2D eigenvalue weighted by Crippen LogP contribution is -2.37. The van der Waals surface area contributed by atoms with E-state index in [1.165, 1.54) is 29.5 Å². The molecule has 2 aromatic rings. The predicted octanol–water partition coefficient (Wildman–Crippen LogP) is 4.11. The molecule has 1 fully saturated rings. The Morgan fingerprint density at radius 2 is 1.73 bits per heavy atom. The van der Waals surface area contributed by atoms with Crippen LogP contribution in [-0.4, -0.2) is 34.2 Å². The van der Waals surface area contributed by atoms with Crippen molar-refractivity contribution in [3.8, 4) is 0 Å². The van der Waals surface area contributed by atoms with Gasteiger partial charge in [-0.2, -0.15) is 0 Å². The van der Waals surface area contributed by atoms with Crippen LogP contribution in [0.5, 0.6) is 0 Å². The van der Waals surface area contributed by atoms with Gasteiger partial charge in [0.2, 0.25) is 0 Å². The number of H-pyrrole nitrogens is 2. The number of esters is 1. The summed E-state index contributed by atoms with van der Waals surface area (Å²) in [7, 11) is 1.41. The molecular formula is C34H44N4O3. The van der Waals surface area contributed by atoms with E-state index >= 15 is 0 Å². The van der Waals surface area contributed by atoms with Crippen LogP contribution in [0.4, 0.5) is 0 Å². The number of ether oxygens (including phenoxy) is 1. The molecule has 3 aliphatic heterocycles. The Bertz CT molecular complexity index is 1650. The monoisotopic (exact) mass is 556 g/mol. The van der Waals surface area contributed by atoms with Crippen molar-refractivity contribution in [1.82, 2.24) is 20.6 Å². The maximum Gasteiger partial charge on any atom is 0.315 e. The number of aromatic amines is 2. The summed E-state index contributed by atoms with van der Waals surface area (Å²) in [6, 6.07) is -0.107. The fourth-order valence-electron chi connectivity index (χ4n) is 8.03. The Labute approximate surface area is 242 Å². The number of fused-ring (bicyclic) bond motifs is 8. The number of carbonyl (C=O) groups excluding carboxylic acids is 1. The zero-order valence-corrected chi connectivity index (χ0v) is 25.6. The average Bonchev–Trinajstić information content (AvgIpc) is 3.69. The molecule has 7 heteroatoms. The van der Waals surface area contributed by atoms with E-state index in [-0.39, 0.29) is 17.9 Å². The molecule has 5 N–H and O–H groups in total. The first-order valence-corrected chi connectivity index (χ1v) is 15.2. The number of hydrogen-bond acceptors (Lipinski definition) is 5. The molecule has 7 nitrogen and oxygen atoms in total. The average molecular weight is 557 g/mol. The first-order valence-electron chi connectivity index (χ1n) is 15.2. The molecule has 1 saturated heterocycles. The third-order valence-electron chi connectivity index (χ3n) is 10.4. The summed E-state index contributed by atoms with van der Waals surface area (Å²) in [5.74, 6) is -0.309. The van der Waals surface area contributed by atoms with E-state index in [2.05, 4.69) is 80.4 Å². The summed E-state index contributed by atoms with van der Waals surface area (Å²) >= 11 is 0. The summed E-state index contributed by atoms with van der Waals surface area (Å²) in [6.07, 6.45) is 8.65. The van der Waals surface area contributed by atoms with Gasteiger partial charge in [-0.1, -0.05) is 34.1 Å². The van der Waals surface area contributed by atoms with Gasteiger partial charge in [0.05, 0.1) is 19.3 Å². The molecule has 6 rings (SSSR count). The van der Waals surface area contributed by atoms with Gasteiger partial charge in [0.1, 0.15) is 5.92 Å². The molecule has 41 heavy (non-hydrogen) atoms. The highest BCUT2D eigenvalue weighted by atomic mass is 16.5. The van der Waals surface area contributed by atoms with Gasteiger partial charge in [0.15, 0.2) is 0 Å². The van der Waals surface area contributed by atoms with Gasteiger partial charge >= 0.3 is 5.97 Å². The van der Waals surface area contributed by atoms with Gasteiger partial charge in [-0.3, -0.25) is 4.79 Å². The van der Waals surface area contributed by atoms with Crippen molar-refractivity contribution in [1.29, 1.82) is 0 Å². The highest BCUT2D eigenvalue weighted by molar-refractivity contribution is 5.88. The Morgan fingerprint density at radius 1 is 0.976 bits per heavy atom. The van der Waals surface area contributed by atoms with Gasteiger partial charge in [0.25, 0.3) is 0 Å². The molecule has 218 valence electrons. The Morgan fingerprint density at radius 3 is 2.39 bits per heavy atom. The van der Waals surface area contributed by atoms with Crippen LogP contribution in [0.3, 0.4) is 0 Å². The van der Waals surface area contributed by atoms with Crippen molar-refractivity contribution in [2.75, 3.05) is 7.11 Å². The maximum absolute atomic E-state index is 13.2. The molecule has 6 atom stereocenters. The van der Waals surface area contributed by atoms with Crippen molar-refractivity contribution in [2.24, 2.45) is 23.7 Å². The Balaban J connectivity index is 1.69. The third kappa shape index (κ3) is 3.99. The number of nitrogens with one attached hydrogen (secondary N) is 4. The number of hydrogen-bond donors (Lipinski definition) is 5. The highest BCUT2D eigenvalue weighted by Crippen LogP contribution is 2.45. The molecule has 0 spiro atoms. The fraction of sp³-hybridized carbons (Fsp3) is 0.500. The quantitative estimate of drug-likeness (QED) is 0.365. The second kappa shape index (κ2) is 10.1. The molecule has 1 unspecified atom stereocenters. The number of methoxy groups -OCH3 is 1. The van der Waals surface area contributed by atoms with Crippen LogP contribution in [0.1, 0.15) is 87.2 Å². The van der Waals surface area contributed by atoms with E-state index in [1.54, 1.807) is 0 Å². The molecule has 0 radical (unpaired) electrons. The van der Waals surface area contributed by atoms with Crippen molar-refractivity contribution >= 4 is 23.7 Å². The fourth-order valence-corrected chi connectivity index (χ4v) is 8.03. The minimum Gasteiger partial charge on any atom is -0.468 e. The van der Waals surface area contributed by atoms with Gasteiger partial charge < -0.3 is 30.4 Å². The van der Waals surface area contributed by atoms with Crippen molar-refractivity contribution in [3.05, 3.63) is 73.1 Å². The van der Waals surface area contributed by atoms with Gasteiger partial charge in [-0.05, 0) is 85.6 Å². The molecule has 1 aliphatic carbocycles. The topological polar surface area (TPSA) is 102 Å². The lowest BCUT2D eigenvalue weighted by atomic mass is 9.81. The predicted molar refractivity (Wildman–Crippen MR) is 163 cm³/mol. The van der Waals surface area contributed by atoms with Crippen LogP contribution in [0.15, 0.2) is 28.7 Å². The zero-order valence-electron chi connectivity index (χ0n) is 25.6. The minimum atomic E-state index is -0.962. The van der Waals surface area contributed by atoms with E-state index in [0.717, 1.165) is 69.4 Å². The number of aliphatic hydroxyl groups is 1. The molecule has 8 bridgehead atoms.